The summed E-state index contributed by atoms with van der Waals surface area (Å²) in [7, 11) is 1.71. The summed E-state index contributed by atoms with van der Waals surface area (Å²) in [6.45, 7) is 4.42. The summed E-state index contributed by atoms with van der Waals surface area (Å²) in [6, 6.07) is 5.02. The highest BCUT2D eigenvalue weighted by molar-refractivity contribution is 5.96. The number of carbonyl (C=O) groups is 1. The van der Waals surface area contributed by atoms with E-state index in [9.17, 15) is 9.90 Å². The van der Waals surface area contributed by atoms with E-state index in [1.54, 1.807) is 30.1 Å². The first kappa shape index (κ1) is 10.6. The number of phenols is 1. The normalized spacial score (nSPS) is 9.93. The zero-order valence-electron chi connectivity index (χ0n) is 8.74. The molecule has 76 valence electrons. The van der Waals surface area contributed by atoms with Crippen molar-refractivity contribution in [2.75, 3.05) is 13.6 Å². The van der Waals surface area contributed by atoms with E-state index in [0.717, 1.165) is 5.56 Å². The summed E-state index contributed by atoms with van der Waals surface area (Å²) in [6.07, 6.45) is 0. The van der Waals surface area contributed by atoms with Gasteiger partial charge in [0.25, 0.3) is 5.91 Å². The number of amides is 1. The summed E-state index contributed by atoms with van der Waals surface area (Å²) in [5, 5.41) is 9.50. The Balaban J connectivity index is 3.06. The van der Waals surface area contributed by atoms with Gasteiger partial charge in [0.05, 0.1) is 5.56 Å². The molecule has 3 heteroatoms. The lowest BCUT2D eigenvalue weighted by atomic mass is 10.1. The molecular formula is C11H15NO2. The Hall–Kier alpha value is -1.51. The van der Waals surface area contributed by atoms with Crippen molar-refractivity contribution in [3.05, 3.63) is 29.3 Å². The zero-order chi connectivity index (χ0) is 10.7. The summed E-state index contributed by atoms with van der Waals surface area (Å²) in [4.78, 5) is 13.3. The van der Waals surface area contributed by atoms with Gasteiger partial charge in [-0.2, -0.15) is 0 Å². The first-order valence-corrected chi connectivity index (χ1v) is 4.61. The third kappa shape index (κ3) is 2.05. The minimum atomic E-state index is -0.145. The molecule has 1 amide bonds. The first-order chi connectivity index (χ1) is 6.56. The number of rotatable bonds is 2. The number of hydrogen-bond donors (Lipinski definition) is 1. The van der Waals surface area contributed by atoms with E-state index in [1.165, 1.54) is 0 Å². The second-order valence-corrected chi connectivity index (χ2v) is 3.34. The van der Waals surface area contributed by atoms with Crippen LogP contribution in [0.5, 0.6) is 5.75 Å². The molecule has 0 bridgehead atoms. The average molecular weight is 193 g/mol. The van der Waals surface area contributed by atoms with Crippen LogP contribution < -0.4 is 0 Å². The van der Waals surface area contributed by atoms with Crippen molar-refractivity contribution in [3.8, 4) is 5.75 Å². The summed E-state index contributed by atoms with van der Waals surface area (Å²) in [5.74, 6) is -0.102. The van der Waals surface area contributed by atoms with E-state index < -0.39 is 0 Å². The summed E-state index contributed by atoms with van der Waals surface area (Å²) < 4.78 is 0. The van der Waals surface area contributed by atoms with Crippen LogP contribution in [-0.4, -0.2) is 29.5 Å². The Morgan fingerprint density at radius 1 is 1.50 bits per heavy atom. The standard InChI is InChI=1S/C11H15NO2/c1-4-12(3)11(14)9-7-8(2)5-6-10(9)13/h5-7,13H,4H2,1-3H3. The summed E-state index contributed by atoms with van der Waals surface area (Å²) in [5.41, 5.74) is 1.34. The van der Waals surface area contributed by atoms with E-state index in [0.29, 0.717) is 12.1 Å². The average Bonchev–Trinajstić information content (AvgIpc) is 2.19. The van der Waals surface area contributed by atoms with Gasteiger partial charge in [0, 0.05) is 13.6 Å². The van der Waals surface area contributed by atoms with Gasteiger partial charge in [-0.3, -0.25) is 4.79 Å². The Bertz CT molecular complexity index is 347. The number of hydrogen-bond acceptors (Lipinski definition) is 2. The van der Waals surface area contributed by atoms with Gasteiger partial charge >= 0.3 is 0 Å². The number of aromatic hydroxyl groups is 1. The van der Waals surface area contributed by atoms with Gasteiger partial charge in [-0.15, -0.1) is 0 Å². The molecular weight excluding hydrogens is 178 g/mol. The molecule has 3 nitrogen and oxygen atoms in total. The van der Waals surface area contributed by atoms with Gasteiger partial charge < -0.3 is 10.0 Å². The summed E-state index contributed by atoms with van der Waals surface area (Å²) >= 11 is 0. The van der Waals surface area contributed by atoms with Crippen molar-refractivity contribution in [2.45, 2.75) is 13.8 Å². The van der Waals surface area contributed by atoms with Gasteiger partial charge in [0.2, 0.25) is 0 Å². The van der Waals surface area contributed by atoms with E-state index in [2.05, 4.69) is 0 Å². The van der Waals surface area contributed by atoms with Crippen LogP contribution in [0.4, 0.5) is 0 Å². The van der Waals surface area contributed by atoms with Crippen molar-refractivity contribution in [1.82, 2.24) is 4.90 Å². The molecule has 1 aromatic rings. The Morgan fingerprint density at radius 3 is 2.71 bits per heavy atom. The topological polar surface area (TPSA) is 40.5 Å². The van der Waals surface area contributed by atoms with E-state index in [4.69, 9.17) is 0 Å². The molecule has 0 aliphatic rings. The molecule has 0 unspecified atom stereocenters. The molecule has 1 aromatic carbocycles. The van der Waals surface area contributed by atoms with E-state index in [-0.39, 0.29) is 11.7 Å². The number of nitrogens with zero attached hydrogens (tertiary/aromatic N) is 1. The predicted octanol–water partition coefficient (Wildman–Crippen LogP) is 1.79. The molecule has 0 atom stereocenters. The van der Waals surface area contributed by atoms with Crippen molar-refractivity contribution >= 4 is 5.91 Å². The largest absolute Gasteiger partial charge is 0.507 e. The molecule has 1 N–H and O–H groups in total. The Morgan fingerprint density at radius 2 is 2.14 bits per heavy atom. The predicted molar refractivity (Wildman–Crippen MR) is 55.5 cm³/mol. The zero-order valence-corrected chi connectivity index (χ0v) is 8.74. The monoisotopic (exact) mass is 193 g/mol. The minimum absolute atomic E-state index is 0.0425. The number of phenolic OH excluding ortho intramolecular Hbond substituents is 1. The molecule has 0 aromatic heterocycles. The van der Waals surface area contributed by atoms with Crippen molar-refractivity contribution in [3.63, 3.8) is 0 Å². The molecule has 14 heavy (non-hydrogen) atoms. The first-order valence-electron chi connectivity index (χ1n) is 4.61. The van der Waals surface area contributed by atoms with Crippen molar-refractivity contribution in [2.24, 2.45) is 0 Å². The maximum atomic E-state index is 11.7. The van der Waals surface area contributed by atoms with Crippen LogP contribution in [-0.2, 0) is 0 Å². The molecule has 0 aliphatic carbocycles. The van der Waals surface area contributed by atoms with Crippen molar-refractivity contribution in [1.29, 1.82) is 0 Å². The van der Waals surface area contributed by atoms with E-state index in [1.807, 2.05) is 13.8 Å². The smallest absolute Gasteiger partial charge is 0.257 e. The van der Waals surface area contributed by atoms with Gasteiger partial charge in [-0.1, -0.05) is 11.6 Å². The second-order valence-electron chi connectivity index (χ2n) is 3.34. The van der Waals surface area contributed by atoms with Gasteiger partial charge in [-0.25, -0.2) is 0 Å². The highest BCUT2D eigenvalue weighted by Crippen LogP contribution is 2.19. The third-order valence-corrected chi connectivity index (χ3v) is 2.20. The van der Waals surface area contributed by atoms with Crippen LogP contribution in [0.3, 0.4) is 0 Å². The third-order valence-electron chi connectivity index (χ3n) is 2.20. The number of aryl methyl sites for hydroxylation is 1. The van der Waals surface area contributed by atoms with Crippen LogP contribution >= 0.6 is 0 Å². The van der Waals surface area contributed by atoms with Crippen LogP contribution in [0.1, 0.15) is 22.8 Å². The van der Waals surface area contributed by atoms with Gasteiger partial charge in [0.15, 0.2) is 0 Å². The fraction of sp³-hybridized carbons (Fsp3) is 0.364. The highest BCUT2D eigenvalue weighted by atomic mass is 16.3. The Kier molecular flexibility index (Phi) is 3.12. The molecule has 0 saturated carbocycles. The number of benzene rings is 1. The molecule has 1 rings (SSSR count). The SMILES string of the molecule is CCN(C)C(=O)c1cc(C)ccc1O. The fourth-order valence-corrected chi connectivity index (χ4v) is 1.17. The lowest BCUT2D eigenvalue weighted by Crippen LogP contribution is -2.26. The molecule has 0 spiro atoms. The van der Waals surface area contributed by atoms with Crippen LogP contribution in [0.15, 0.2) is 18.2 Å². The van der Waals surface area contributed by atoms with E-state index >= 15 is 0 Å². The van der Waals surface area contributed by atoms with Gasteiger partial charge in [0.1, 0.15) is 5.75 Å². The van der Waals surface area contributed by atoms with Crippen LogP contribution in [0, 0.1) is 6.92 Å². The van der Waals surface area contributed by atoms with Gasteiger partial charge in [-0.05, 0) is 26.0 Å². The van der Waals surface area contributed by atoms with Crippen molar-refractivity contribution < 1.29 is 9.90 Å². The van der Waals surface area contributed by atoms with Crippen LogP contribution in [0.2, 0.25) is 0 Å². The highest BCUT2D eigenvalue weighted by Gasteiger charge is 2.14. The number of carbonyl (C=O) groups excluding carboxylic acids is 1. The molecule has 0 radical (unpaired) electrons. The molecule has 0 aliphatic heterocycles. The second kappa shape index (κ2) is 4.13. The molecule has 0 heterocycles. The lowest BCUT2D eigenvalue weighted by molar-refractivity contribution is 0.0799. The Labute approximate surface area is 84.0 Å². The van der Waals surface area contributed by atoms with Crippen LogP contribution in [0.25, 0.3) is 0 Å². The maximum Gasteiger partial charge on any atom is 0.257 e. The molecule has 0 saturated heterocycles. The molecule has 0 fully saturated rings. The minimum Gasteiger partial charge on any atom is -0.507 e. The fourth-order valence-electron chi connectivity index (χ4n) is 1.17. The lowest BCUT2D eigenvalue weighted by Gasteiger charge is -2.15. The quantitative estimate of drug-likeness (QED) is 0.778. The maximum absolute atomic E-state index is 11.7.